The molecule has 0 radical (unpaired) electrons. The predicted octanol–water partition coefficient (Wildman–Crippen LogP) is 5.78. The number of halogens is 12. The van der Waals surface area contributed by atoms with Crippen LogP contribution < -0.4 is 6.15 Å². The van der Waals surface area contributed by atoms with Crippen molar-refractivity contribution in [3.05, 3.63) is 0 Å². The van der Waals surface area contributed by atoms with Crippen LogP contribution in [-0.2, 0) is 10.1 Å². The van der Waals surface area contributed by atoms with Gasteiger partial charge in [0.05, 0.1) is 0 Å². The second kappa shape index (κ2) is 8.64. The maximum Gasteiger partial charge on any atom is 0.438 e. The Labute approximate surface area is 157 Å². The molecule has 0 unspecified atom stereocenters. The highest BCUT2D eigenvalue weighted by atomic mass is 32.2. The minimum atomic E-state index is -8.02. The van der Waals surface area contributed by atoms with Crippen LogP contribution in [0, 0.1) is 0 Å². The average molecular weight is 483 g/mol. The number of hydrogen-bond acceptors (Lipinski definition) is 3. The fourth-order valence-electron chi connectivity index (χ4n) is 1.90. The molecule has 0 saturated heterocycles. The highest BCUT2D eigenvalue weighted by Crippen LogP contribution is 2.61. The van der Waals surface area contributed by atoms with Crippen molar-refractivity contribution in [2.75, 3.05) is 0 Å². The highest BCUT2D eigenvalue weighted by Gasteiger charge is 2.91. The monoisotopic (exact) mass is 483 g/mol. The van der Waals surface area contributed by atoms with E-state index in [0.29, 0.717) is 6.42 Å². The van der Waals surface area contributed by atoms with E-state index in [1.165, 1.54) is 6.92 Å². The minimum absolute atomic E-state index is 0. The van der Waals surface area contributed by atoms with Gasteiger partial charge in [-0.1, -0.05) is 26.2 Å². The Morgan fingerprint density at radius 2 is 1.03 bits per heavy atom. The number of hydrogen-bond donors (Lipinski definition) is 2. The molecule has 0 fully saturated rings. The zero-order chi connectivity index (χ0) is 23.0. The number of alkyl halides is 12. The fourth-order valence-corrected chi connectivity index (χ4v) is 2.35. The first-order valence-electron chi connectivity index (χ1n) is 7.30. The lowest BCUT2D eigenvalue weighted by atomic mass is 9.91. The lowest BCUT2D eigenvalue weighted by molar-refractivity contribution is -0.417. The van der Waals surface area contributed by atoms with Gasteiger partial charge in [0.1, 0.15) is 0 Å². The first-order chi connectivity index (χ1) is 12.1. The van der Waals surface area contributed by atoms with Crippen molar-refractivity contribution in [1.29, 1.82) is 0 Å². The first kappa shape index (κ1) is 30.2. The summed E-state index contributed by atoms with van der Waals surface area (Å²) in [7, 11) is -7.53. The van der Waals surface area contributed by atoms with Gasteiger partial charge < -0.3 is 6.15 Å². The van der Waals surface area contributed by atoms with E-state index in [4.69, 9.17) is 4.55 Å². The molecule has 4 nitrogen and oxygen atoms in total. The quantitative estimate of drug-likeness (QED) is 0.222. The van der Waals surface area contributed by atoms with Gasteiger partial charge in [0.15, 0.2) is 0 Å². The Hall–Kier alpha value is -0.970. The molecule has 0 saturated carbocycles. The predicted molar refractivity (Wildman–Crippen MR) is 75.0 cm³/mol. The molecule has 178 valence electrons. The summed E-state index contributed by atoms with van der Waals surface area (Å²) in [4.78, 5) is 0. The van der Waals surface area contributed by atoms with Crippen molar-refractivity contribution in [2.45, 2.75) is 73.9 Å². The largest absolute Gasteiger partial charge is 0.438 e. The van der Waals surface area contributed by atoms with Gasteiger partial charge in [0.25, 0.3) is 0 Å². The van der Waals surface area contributed by atoms with Crippen molar-refractivity contribution in [3.8, 4) is 0 Å². The molecule has 0 rings (SSSR count). The SMILES string of the molecule is CCCCCCC(F)(F)C(F)(F)C(F)(F)C(F)(F)C(F)(F)C(F)(F)S(=O)(=O)O.N. The summed E-state index contributed by atoms with van der Waals surface area (Å²) in [5, 5.41) is -7.40. The van der Waals surface area contributed by atoms with Crippen LogP contribution >= 0.6 is 0 Å². The van der Waals surface area contributed by atoms with Gasteiger partial charge in [-0.15, -0.1) is 0 Å². The van der Waals surface area contributed by atoms with Crippen molar-refractivity contribution in [3.63, 3.8) is 0 Å². The van der Waals surface area contributed by atoms with Crippen LogP contribution in [0.2, 0.25) is 0 Å². The van der Waals surface area contributed by atoms with Crippen LogP contribution in [0.25, 0.3) is 0 Å². The molecular formula is C12H17F12NO3S. The number of unbranched alkanes of at least 4 members (excludes halogenated alkanes) is 3. The Morgan fingerprint density at radius 3 is 1.38 bits per heavy atom. The zero-order valence-corrected chi connectivity index (χ0v) is 15.3. The van der Waals surface area contributed by atoms with Crippen molar-refractivity contribution < 1.29 is 65.7 Å². The molecule has 29 heavy (non-hydrogen) atoms. The van der Waals surface area contributed by atoms with Gasteiger partial charge >= 0.3 is 45.0 Å². The van der Waals surface area contributed by atoms with Gasteiger partial charge in [-0.25, -0.2) is 0 Å². The van der Waals surface area contributed by atoms with Gasteiger partial charge in [0.2, 0.25) is 0 Å². The molecule has 17 heteroatoms. The summed E-state index contributed by atoms with van der Waals surface area (Å²) < 4.78 is 187. The van der Waals surface area contributed by atoms with Gasteiger partial charge in [-0.05, 0) is 6.42 Å². The maximum absolute atomic E-state index is 13.4. The molecule has 0 heterocycles. The van der Waals surface area contributed by atoms with E-state index in [-0.39, 0.29) is 19.0 Å². The van der Waals surface area contributed by atoms with E-state index < -0.39 is 57.8 Å². The topological polar surface area (TPSA) is 89.4 Å². The summed E-state index contributed by atoms with van der Waals surface area (Å²) in [6.07, 6.45) is -2.84. The van der Waals surface area contributed by atoms with Gasteiger partial charge in [0, 0.05) is 6.42 Å². The molecule has 0 spiro atoms. The third-order valence-electron chi connectivity index (χ3n) is 3.68. The summed E-state index contributed by atoms with van der Waals surface area (Å²) >= 11 is 0. The summed E-state index contributed by atoms with van der Waals surface area (Å²) in [5.41, 5.74) is 0. The Bertz CT molecular complexity index is 651. The second-order valence-electron chi connectivity index (χ2n) is 5.80. The third kappa shape index (κ3) is 4.70. The average Bonchev–Trinajstić information content (AvgIpc) is 2.49. The zero-order valence-electron chi connectivity index (χ0n) is 14.5. The van der Waals surface area contributed by atoms with E-state index in [9.17, 15) is 61.1 Å². The van der Waals surface area contributed by atoms with Crippen LogP contribution in [0.1, 0.15) is 39.0 Å². The molecule has 4 N–H and O–H groups in total. The smallest absolute Gasteiger partial charge is 0.344 e. The molecule has 0 bridgehead atoms. The van der Waals surface area contributed by atoms with Crippen LogP contribution in [0.3, 0.4) is 0 Å². The first-order valence-corrected chi connectivity index (χ1v) is 8.74. The molecule has 0 aromatic carbocycles. The van der Waals surface area contributed by atoms with E-state index >= 15 is 0 Å². The standard InChI is InChI=1S/C12H14F12O3S.H3N/c1-2-3-4-5-6-7(13,14)8(15,16)9(17,18)10(19,20)11(21,22)12(23,24)28(25,26)27;/h2-6H2,1H3,(H,25,26,27);1H3. The number of rotatable bonds is 11. The molecule has 0 amide bonds. The summed E-state index contributed by atoms with van der Waals surface area (Å²) in [5.74, 6) is -37.1. The van der Waals surface area contributed by atoms with Crippen LogP contribution in [0.4, 0.5) is 52.7 Å². The summed E-state index contributed by atoms with van der Waals surface area (Å²) in [6.45, 7) is 1.53. The van der Waals surface area contributed by atoms with Crippen molar-refractivity contribution in [1.82, 2.24) is 6.15 Å². The van der Waals surface area contributed by atoms with E-state index in [1.807, 2.05) is 0 Å². The summed E-state index contributed by atoms with van der Waals surface area (Å²) in [6, 6.07) is 0. The van der Waals surface area contributed by atoms with Crippen molar-refractivity contribution in [2.24, 2.45) is 0 Å². The normalized spacial score (nSPS) is 15.2. The van der Waals surface area contributed by atoms with E-state index in [0.717, 1.165) is 0 Å². The lowest BCUT2D eigenvalue weighted by Gasteiger charge is -2.40. The Kier molecular flexibility index (Phi) is 9.01. The molecule has 0 aromatic heterocycles. The fraction of sp³-hybridized carbons (Fsp3) is 1.00. The third-order valence-corrected chi connectivity index (χ3v) is 4.58. The Balaban J connectivity index is 0. The van der Waals surface area contributed by atoms with Gasteiger partial charge in [-0.2, -0.15) is 61.1 Å². The highest BCUT2D eigenvalue weighted by molar-refractivity contribution is 7.87. The molecule has 0 atom stereocenters. The second-order valence-corrected chi connectivity index (χ2v) is 7.27. The van der Waals surface area contributed by atoms with E-state index in [2.05, 4.69) is 0 Å². The maximum atomic E-state index is 13.4. The molecule has 0 aliphatic carbocycles. The van der Waals surface area contributed by atoms with Crippen LogP contribution in [-0.4, -0.2) is 47.8 Å². The van der Waals surface area contributed by atoms with Crippen molar-refractivity contribution >= 4 is 10.1 Å². The van der Waals surface area contributed by atoms with Gasteiger partial charge in [-0.3, -0.25) is 4.55 Å². The lowest BCUT2D eigenvalue weighted by Crippen LogP contribution is -2.71. The molecule has 0 aliphatic heterocycles. The molecular weight excluding hydrogens is 466 g/mol. The molecule has 0 aliphatic rings. The molecule has 0 aromatic rings. The van der Waals surface area contributed by atoms with E-state index in [1.54, 1.807) is 0 Å². The minimum Gasteiger partial charge on any atom is -0.344 e. The van der Waals surface area contributed by atoms with Crippen LogP contribution in [0.5, 0.6) is 0 Å². The van der Waals surface area contributed by atoms with Crippen LogP contribution in [0.15, 0.2) is 0 Å². The Morgan fingerprint density at radius 1 is 0.655 bits per heavy atom.